The van der Waals surface area contributed by atoms with Crippen molar-refractivity contribution in [2.24, 2.45) is 5.92 Å². The molecule has 2 aliphatic heterocycles. The third-order valence-corrected chi connectivity index (χ3v) is 5.84. The molecule has 0 spiro atoms. The number of hydrogen-bond donors (Lipinski definition) is 1. The molecule has 2 saturated heterocycles. The van der Waals surface area contributed by atoms with Gasteiger partial charge in [0.2, 0.25) is 0 Å². The number of carboxylic acid groups (broad SMARTS) is 1. The van der Waals surface area contributed by atoms with Crippen molar-refractivity contribution in [3.8, 4) is 0 Å². The highest BCUT2D eigenvalue weighted by Crippen LogP contribution is 2.26. The van der Waals surface area contributed by atoms with Gasteiger partial charge in [0.15, 0.2) is 9.84 Å². The maximum atomic E-state index is 11.6. The van der Waals surface area contributed by atoms with Gasteiger partial charge in [0.1, 0.15) is 0 Å². The molecule has 0 aromatic heterocycles. The molecular weight excluding hydrogens is 254 g/mol. The highest BCUT2D eigenvalue weighted by molar-refractivity contribution is 7.91. The Hall–Kier alpha value is -0.620. The molecule has 0 bridgehead atoms. The van der Waals surface area contributed by atoms with E-state index in [-0.39, 0.29) is 12.5 Å². The van der Waals surface area contributed by atoms with Crippen molar-refractivity contribution in [3.63, 3.8) is 0 Å². The minimum absolute atomic E-state index is 0.165. The van der Waals surface area contributed by atoms with Crippen LogP contribution < -0.4 is 0 Å². The molecule has 6 heteroatoms. The monoisotopic (exact) mass is 275 g/mol. The van der Waals surface area contributed by atoms with E-state index in [0.29, 0.717) is 23.8 Å². The van der Waals surface area contributed by atoms with Gasteiger partial charge in [0.05, 0.1) is 11.5 Å². The fraction of sp³-hybridized carbons (Fsp3) is 0.917. The first-order valence-electron chi connectivity index (χ1n) is 6.62. The third kappa shape index (κ3) is 3.68. The molecule has 5 nitrogen and oxygen atoms in total. The summed E-state index contributed by atoms with van der Waals surface area (Å²) in [6, 6.07) is 0.165. The lowest BCUT2D eigenvalue weighted by atomic mass is 10.0. The van der Waals surface area contributed by atoms with Gasteiger partial charge in [-0.3, -0.25) is 9.69 Å². The third-order valence-electron chi connectivity index (χ3n) is 4.04. The van der Waals surface area contributed by atoms with Crippen LogP contribution in [0.1, 0.15) is 32.1 Å². The molecule has 0 aliphatic carbocycles. The van der Waals surface area contributed by atoms with E-state index in [1.165, 1.54) is 0 Å². The Morgan fingerprint density at radius 1 is 1.33 bits per heavy atom. The summed E-state index contributed by atoms with van der Waals surface area (Å²) in [5.41, 5.74) is 0. The average Bonchev–Trinajstić information content (AvgIpc) is 2.73. The molecule has 2 aliphatic rings. The van der Waals surface area contributed by atoms with E-state index in [0.717, 1.165) is 32.4 Å². The molecule has 0 saturated carbocycles. The topological polar surface area (TPSA) is 74.7 Å². The first-order chi connectivity index (χ1) is 8.46. The van der Waals surface area contributed by atoms with E-state index >= 15 is 0 Å². The number of carboxylic acids is 1. The van der Waals surface area contributed by atoms with Crippen molar-refractivity contribution in [2.45, 2.75) is 38.1 Å². The normalized spacial score (nSPS) is 32.4. The van der Waals surface area contributed by atoms with E-state index in [2.05, 4.69) is 4.90 Å². The van der Waals surface area contributed by atoms with E-state index in [9.17, 15) is 13.2 Å². The summed E-state index contributed by atoms with van der Waals surface area (Å²) in [6.07, 6.45) is 3.67. The van der Waals surface area contributed by atoms with Gasteiger partial charge in [-0.15, -0.1) is 0 Å². The Kier molecular flexibility index (Phi) is 4.27. The van der Waals surface area contributed by atoms with Gasteiger partial charge in [0.25, 0.3) is 0 Å². The number of nitrogens with zero attached hydrogens (tertiary/aromatic N) is 1. The Morgan fingerprint density at radius 2 is 2.11 bits per heavy atom. The summed E-state index contributed by atoms with van der Waals surface area (Å²) in [7, 11) is -2.85. The predicted octanol–water partition coefficient (Wildman–Crippen LogP) is 0.750. The van der Waals surface area contributed by atoms with Crippen LogP contribution in [0, 0.1) is 5.92 Å². The van der Waals surface area contributed by atoms with Gasteiger partial charge in [-0.1, -0.05) is 0 Å². The van der Waals surface area contributed by atoms with Crippen LogP contribution in [0.5, 0.6) is 0 Å². The summed E-state index contributed by atoms with van der Waals surface area (Å²) in [4.78, 5) is 12.8. The highest BCUT2D eigenvalue weighted by Gasteiger charge is 2.33. The fourth-order valence-corrected chi connectivity index (χ4v) is 4.78. The standard InChI is InChI=1S/C12H21NO4S/c14-12(15)4-3-10-5-6-13(8-10)11-2-1-7-18(16,17)9-11/h10-11H,1-9H2,(H,14,15). The van der Waals surface area contributed by atoms with Crippen molar-refractivity contribution in [2.75, 3.05) is 24.6 Å². The van der Waals surface area contributed by atoms with E-state index in [1.54, 1.807) is 0 Å². The molecule has 0 aromatic carbocycles. The largest absolute Gasteiger partial charge is 0.481 e. The maximum Gasteiger partial charge on any atom is 0.303 e. The van der Waals surface area contributed by atoms with Crippen LogP contribution in [0.2, 0.25) is 0 Å². The minimum Gasteiger partial charge on any atom is -0.481 e. The lowest BCUT2D eigenvalue weighted by Crippen LogP contribution is -2.42. The van der Waals surface area contributed by atoms with Crippen LogP contribution in [-0.2, 0) is 14.6 Å². The average molecular weight is 275 g/mol. The SMILES string of the molecule is O=C(O)CCC1CCN(C2CCCS(=O)(=O)C2)C1. The zero-order chi connectivity index (χ0) is 13.2. The molecule has 18 heavy (non-hydrogen) atoms. The molecule has 0 amide bonds. The second-order valence-electron chi connectivity index (χ2n) is 5.49. The van der Waals surface area contributed by atoms with E-state index in [1.807, 2.05) is 0 Å². The second kappa shape index (κ2) is 5.57. The summed E-state index contributed by atoms with van der Waals surface area (Å²) in [5.74, 6) is 0.303. The lowest BCUT2D eigenvalue weighted by Gasteiger charge is -2.30. The van der Waals surface area contributed by atoms with Gasteiger partial charge in [-0.2, -0.15) is 0 Å². The Labute approximate surface area is 108 Å². The summed E-state index contributed by atoms with van der Waals surface area (Å²) in [5, 5.41) is 8.66. The molecule has 2 heterocycles. The molecule has 2 rings (SSSR count). The number of hydrogen-bond acceptors (Lipinski definition) is 4. The summed E-state index contributed by atoms with van der Waals surface area (Å²) >= 11 is 0. The summed E-state index contributed by atoms with van der Waals surface area (Å²) < 4.78 is 23.2. The van der Waals surface area contributed by atoms with Crippen molar-refractivity contribution < 1.29 is 18.3 Å². The van der Waals surface area contributed by atoms with E-state index in [4.69, 9.17) is 5.11 Å². The first-order valence-corrected chi connectivity index (χ1v) is 8.45. The van der Waals surface area contributed by atoms with Crippen molar-refractivity contribution in [1.29, 1.82) is 0 Å². The second-order valence-corrected chi connectivity index (χ2v) is 7.72. The molecule has 2 fully saturated rings. The maximum absolute atomic E-state index is 11.6. The highest BCUT2D eigenvalue weighted by atomic mass is 32.2. The van der Waals surface area contributed by atoms with Crippen molar-refractivity contribution in [3.05, 3.63) is 0 Å². The number of aliphatic carboxylic acids is 1. The van der Waals surface area contributed by atoms with Crippen LogP contribution >= 0.6 is 0 Å². The first kappa shape index (κ1) is 13.8. The number of sulfone groups is 1. The molecule has 2 unspecified atom stereocenters. The number of carbonyl (C=O) groups is 1. The van der Waals surface area contributed by atoms with Crippen LogP contribution in [-0.4, -0.2) is 55.0 Å². The van der Waals surface area contributed by atoms with Gasteiger partial charge in [0, 0.05) is 19.0 Å². The van der Waals surface area contributed by atoms with Gasteiger partial charge >= 0.3 is 5.97 Å². The van der Waals surface area contributed by atoms with Crippen molar-refractivity contribution >= 4 is 15.8 Å². The molecule has 0 aromatic rings. The van der Waals surface area contributed by atoms with Crippen LogP contribution in [0.15, 0.2) is 0 Å². The number of likely N-dealkylation sites (tertiary alicyclic amines) is 1. The molecule has 0 radical (unpaired) electrons. The Morgan fingerprint density at radius 3 is 2.78 bits per heavy atom. The molecule has 104 valence electrons. The molecule has 2 atom stereocenters. The number of rotatable bonds is 4. The predicted molar refractivity (Wildman–Crippen MR) is 68.2 cm³/mol. The van der Waals surface area contributed by atoms with Crippen LogP contribution in [0.3, 0.4) is 0 Å². The zero-order valence-corrected chi connectivity index (χ0v) is 11.4. The van der Waals surface area contributed by atoms with Gasteiger partial charge < -0.3 is 5.11 Å². The van der Waals surface area contributed by atoms with Gasteiger partial charge in [-0.05, 0) is 38.1 Å². The Bertz CT molecular complexity index is 406. The fourth-order valence-electron chi connectivity index (χ4n) is 3.04. The zero-order valence-electron chi connectivity index (χ0n) is 10.5. The smallest absolute Gasteiger partial charge is 0.303 e. The summed E-state index contributed by atoms with van der Waals surface area (Å²) in [6.45, 7) is 1.79. The Balaban J connectivity index is 1.83. The molecule has 1 N–H and O–H groups in total. The van der Waals surface area contributed by atoms with E-state index < -0.39 is 15.8 Å². The van der Waals surface area contributed by atoms with Crippen LogP contribution in [0.25, 0.3) is 0 Å². The van der Waals surface area contributed by atoms with Crippen LogP contribution in [0.4, 0.5) is 0 Å². The minimum atomic E-state index is -2.85. The molecular formula is C12H21NO4S. The lowest BCUT2D eigenvalue weighted by molar-refractivity contribution is -0.137. The quantitative estimate of drug-likeness (QED) is 0.819. The van der Waals surface area contributed by atoms with Crippen molar-refractivity contribution in [1.82, 2.24) is 4.90 Å². The van der Waals surface area contributed by atoms with Gasteiger partial charge in [-0.25, -0.2) is 8.42 Å².